The van der Waals surface area contributed by atoms with Crippen molar-refractivity contribution in [3.8, 4) is 6.07 Å². The minimum Gasteiger partial charge on any atom is -0.465 e. The predicted octanol–water partition coefficient (Wildman–Crippen LogP) is 5.16. The molecule has 55 heavy (non-hydrogen) atoms. The number of aliphatic hydroxyl groups excluding tert-OH is 1. The zero-order valence-corrected chi connectivity index (χ0v) is 32.6. The van der Waals surface area contributed by atoms with Crippen molar-refractivity contribution in [3.05, 3.63) is 101 Å². The normalized spacial score (nSPS) is 15.2. The zero-order chi connectivity index (χ0) is 40.3. The predicted molar refractivity (Wildman–Crippen MR) is 207 cm³/mol. The lowest BCUT2D eigenvalue weighted by Crippen LogP contribution is -2.59. The van der Waals surface area contributed by atoms with Crippen molar-refractivity contribution in [2.24, 2.45) is 11.3 Å². The molecule has 14 heteroatoms. The molecule has 2 aromatic carbocycles. The lowest BCUT2D eigenvalue weighted by atomic mass is 9.95. The maximum atomic E-state index is 14.4. The van der Waals surface area contributed by atoms with E-state index in [9.17, 15) is 34.7 Å². The quantitative estimate of drug-likeness (QED) is 0.144. The van der Waals surface area contributed by atoms with Gasteiger partial charge in [0.05, 0.1) is 36.0 Å². The Balaban J connectivity index is 1.60. The number of aliphatic hydroxyl groups is 1. The molecule has 1 fully saturated rings. The molecular formula is C41H54N8O6. The fourth-order valence-electron chi connectivity index (χ4n) is 6.54. The number of carbonyl (C=O) groups excluding carboxylic acids is 3. The van der Waals surface area contributed by atoms with Gasteiger partial charge in [0.25, 0.3) is 0 Å². The van der Waals surface area contributed by atoms with E-state index in [-0.39, 0.29) is 38.0 Å². The molecule has 1 aliphatic heterocycles. The average molecular weight is 755 g/mol. The first-order chi connectivity index (χ1) is 26.1. The molecular weight excluding hydrogens is 701 g/mol. The molecule has 4 N–H and O–H groups in total. The van der Waals surface area contributed by atoms with E-state index in [4.69, 9.17) is 0 Å². The molecule has 0 radical (unpaired) electrons. The second kappa shape index (κ2) is 19.2. The summed E-state index contributed by atoms with van der Waals surface area (Å²) in [5, 5.41) is 35.6. The SMILES string of the molecule is CCC(C)C(C(=O)NC(Cc1ccccc1)C(O)CN(Cc1ccc(C#N)cc1)NC(=O)N(CC(C)(C)C)C(=O)O)N1CCN(Cc2cccc(C)n2)C1=O. The first-order valence-electron chi connectivity index (χ1n) is 18.6. The highest BCUT2D eigenvalue weighted by Crippen LogP contribution is 2.23. The Kier molecular flexibility index (Phi) is 14.7. The Morgan fingerprint density at radius 3 is 2.29 bits per heavy atom. The number of benzene rings is 2. The second-order valence-electron chi connectivity index (χ2n) is 15.4. The van der Waals surface area contributed by atoms with Gasteiger partial charge in [-0.2, -0.15) is 5.26 Å². The van der Waals surface area contributed by atoms with Crippen LogP contribution in [0.2, 0.25) is 0 Å². The lowest BCUT2D eigenvalue weighted by molar-refractivity contribution is -0.128. The molecule has 14 nitrogen and oxygen atoms in total. The Morgan fingerprint density at radius 1 is 1.00 bits per heavy atom. The van der Waals surface area contributed by atoms with Crippen LogP contribution in [-0.2, 0) is 24.3 Å². The zero-order valence-electron chi connectivity index (χ0n) is 32.6. The van der Waals surface area contributed by atoms with E-state index < -0.39 is 41.6 Å². The summed E-state index contributed by atoms with van der Waals surface area (Å²) in [5.41, 5.74) is 5.70. The highest BCUT2D eigenvalue weighted by Gasteiger charge is 2.41. The van der Waals surface area contributed by atoms with Crippen LogP contribution in [0.15, 0.2) is 72.8 Å². The summed E-state index contributed by atoms with van der Waals surface area (Å²) in [7, 11) is 0. The molecule has 6 amide bonds. The van der Waals surface area contributed by atoms with Gasteiger partial charge in [-0.05, 0) is 60.1 Å². The molecule has 1 aromatic heterocycles. The van der Waals surface area contributed by atoms with Crippen LogP contribution >= 0.6 is 0 Å². The Labute approximate surface area is 323 Å². The van der Waals surface area contributed by atoms with Crippen molar-refractivity contribution in [1.29, 1.82) is 5.26 Å². The highest BCUT2D eigenvalue weighted by atomic mass is 16.4. The number of rotatable bonds is 16. The number of hydrazine groups is 1. The van der Waals surface area contributed by atoms with Crippen LogP contribution in [0.5, 0.6) is 0 Å². The van der Waals surface area contributed by atoms with Crippen molar-refractivity contribution in [3.63, 3.8) is 0 Å². The number of hydrogen-bond donors (Lipinski definition) is 4. The van der Waals surface area contributed by atoms with Crippen molar-refractivity contribution in [2.45, 2.75) is 85.7 Å². The van der Waals surface area contributed by atoms with Gasteiger partial charge in [0.15, 0.2) is 0 Å². The molecule has 3 aromatic rings. The fourth-order valence-corrected chi connectivity index (χ4v) is 6.54. The van der Waals surface area contributed by atoms with Crippen molar-refractivity contribution >= 4 is 24.1 Å². The molecule has 4 atom stereocenters. The summed E-state index contributed by atoms with van der Waals surface area (Å²) in [5.74, 6) is -0.629. The van der Waals surface area contributed by atoms with Gasteiger partial charge in [0, 0.05) is 38.4 Å². The number of amides is 6. The molecule has 1 saturated heterocycles. The number of nitriles is 1. The summed E-state index contributed by atoms with van der Waals surface area (Å²) >= 11 is 0. The molecule has 0 saturated carbocycles. The van der Waals surface area contributed by atoms with Gasteiger partial charge in [-0.25, -0.2) is 24.3 Å². The Bertz CT molecular complexity index is 1810. The largest absolute Gasteiger partial charge is 0.465 e. The lowest BCUT2D eigenvalue weighted by Gasteiger charge is -2.35. The molecule has 4 unspecified atom stereocenters. The van der Waals surface area contributed by atoms with Crippen molar-refractivity contribution in [1.82, 2.24) is 35.4 Å². The van der Waals surface area contributed by atoms with Gasteiger partial charge in [-0.1, -0.05) is 89.6 Å². The van der Waals surface area contributed by atoms with E-state index in [0.717, 1.165) is 17.0 Å². The van der Waals surface area contributed by atoms with Gasteiger partial charge < -0.3 is 25.3 Å². The first-order valence-corrected chi connectivity index (χ1v) is 18.6. The number of aryl methyl sites for hydroxylation is 1. The van der Waals surface area contributed by atoms with Gasteiger partial charge in [0.2, 0.25) is 5.91 Å². The van der Waals surface area contributed by atoms with Crippen LogP contribution in [0, 0.1) is 29.6 Å². The fraction of sp³-hybridized carbons (Fsp3) is 0.463. The van der Waals surface area contributed by atoms with E-state index >= 15 is 0 Å². The standard InChI is InChI=1S/C41H54N8O6/c1-7-28(2)36(48-21-20-46(39(48)53)25-33-15-11-12-29(3)43-33)37(51)44-34(22-30-13-9-8-10-14-30)35(50)26-47(24-32-18-16-31(23-42)17-19-32)45-38(52)49(40(54)55)27-41(4,5)6/h8-19,28,34-36,50H,7,20-22,24-27H2,1-6H3,(H,44,51)(H,45,52)(H,54,55). The molecule has 0 spiro atoms. The van der Waals surface area contributed by atoms with E-state index in [1.54, 1.807) is 34.1 Å². The summed E-state index contributed by atoms with van der Waals surface area (Å²) in [4.78, 5) is 62.3. The van der Waals surface area contributed by atoms with E-state index in [1.807, 2.05) is 90.1 Å². The third kappa shape index (κ3) is 12.2. The summed E-state index contributed by atoms with van der Waals surface area (Å²) in [6.45, 7) is 12.1. The minimum absolute atomic E-state index is 0.0485. The number of imide groups is 1. The monoisotopic (exact) mass is 754 g/mol. The minimum atomic E-state index is -1.43. The van der Waals surface area contributed by atoms with Gasteiger partial charge in [-0.3, -0.25) is 15.2 Å². The number of nitrogens with one attached hydrogen (secondary N) is 2. The van der Waals surface area contributed by atoms with E-state index in [1.165, 1.54) is 5.01 Å². The van der Waals surface area contributed by atoms with Crippen LogP contribution in [-0.4, -0.2) is 103 Å². The van der Waals surface area contributed by atoms with Crippen LogP contribution in [0.4, 0.5) is 14.4 Å². The molecule has 294 valence electrons. The van der Waals surface area contributed by atoms with Crippen LogP contribution in [0.25, 0.3) is 0 Å². The maximum Gasteiger partial charge on any atom is 0.415 e. The van der Waals surface area contributed by atoms with Crippen LogP contribution in [0.3, 0.4) is 0 Å². The smallest absolute Gasteiger partial charge is 0.415 e. The third-order valence-corrected chi connectivity index (χ3v) is 9.53. The molecule has 1 aliphatic rings. The van der Waals surface area contributed by atoms with Gasteiger partial charge in [-0.15, -0.1) is 0 Å². The average Bonchev–Trinajstić information content (AvgIpc) is 3.48. The highest BCUT2D eigenvalue weighted by molar-refractivity contribution is 5.90. The van der Waals surface area contributed by atoms with Crippen molar-refractivity contribution in [2.75, 3.05) is 26.2 Å². The number of aromatic nitrogens is 1. The maximum absolute atomic E-state index is 14.4. The topological polar surface area (TPSA) is 182 Å². The van der Waals surface area contributed by atoms with E-state index in [2.05, 4.69) is 21.8 Å². The first kappa shape index (κ1) is 42.2. The number of pyridine rings is 1. The second-order valence-corrected chi connectivity index (χ2v) is 15.4. The van der Waals surface area contributed by atoms with Crippen LogP contribution < -0.4 is 10.7 Å². The molecule has 0 bridgehead atoms. The molecule has 0 aliphatic carbocycles. The molecule has 2 heterocycles. The number of nitrogens with zero attached hydrogens (tertiary/aromatic N) is 6. The Morgan fingerprint density at radius 2 is 1.69 bits per heavy atom. The number of urea groups is 2. The summed E-state index contributed by atoms with van der Waals surface area (Å²) < 4.78 is 0. The third-order valence-electron chi connectivity index (χ3n) is 9.53. The Hall–Kier alpha value is -5.52. The van der Waals surface area contributed by atoms with Crippen molar-refractivity contribution < 1.29 is 29.4 Å². The van der Waals surface area contributed by atoms with Gasteiger partial charge >= 0.3 is 18.2 Å². The summed E-state index contributed by atoms with van der Waals surface area (Å²) in [6, 6.07) is 20.9. The number of carbonyl (C=O) groups is 4. The van der Waals surface area contributed by atoms with Crippen LogP contribution in [0.1, 0.15) is 69.1 Å². The van der Waals surface area contributed by atoms with Gasteiger partial charge in [0.1, 0.15) is 6.04 Å². The summed E-state index contributed by atoms with van der Waals surface area (Å²) in [6.07, 6.45) is -1.86. The number of hydrogen-bond acceptors (Lipinski definition) is 8. The number of carboxylic acid groups (broad SMARTS) is 1. The van der Waals surface area contributed by atoms with E-state index in [0.29, 0.717) is 42.1 Å². The molecule has 4 rings (SSSR count).